The quantitative estimate of drug-likeness (QED) is 0.779. The number of fused-ring (bicyclic) bond motifs is 1. The number of imidazole rings is 1. The van der Waals surface area contributed by atoms with E-state index in [-0.39, 0.29) is 0 Å². The van der Waals surface area contributed by atoms with Gasteiger partial charge in [0.1, 0.15) is 11.6 Å². The normalized spacial score (nSPS) is 21.2. The molecule has 0 spiro atoms. The third kappa shape index (κ3) is 2.92. The smallest absolute Gasteiger partial charge is 0.154 e. The van der Waals surface area contributed by atoms with E-state index in [9.17, 15) is 0 Å². The number of benzene rings is 1. The van der Waals surface area contributed by atoms with Gasteiger partial charge in [-0.3, -0.25) is 0 Å². The molecule has 2 aliphatic rings. The highest BCUT2D eigenvalue weighted by Gasteiger charge is 2.27. The van der Waals surface area contributed by atoms with Gasteiger partial charge >= 0.3 is 0 Å². The van der Waals surface area contributed by atoms with Crippen LogP contribution in [0.2, 0.25) is 0 Å². The van der Waals surface area contributed by atoms with Gasteiger partial charge in [0.05, 0.1) is 23.7 Å². The van der Waals surface area contributed by atoms with Crippen LogP contribution < -0.4 is 0 Å². The van der Waals surface area contributed by atoms with Gasteiger partial charge in [-0.15, -0.1) is 0 Å². The molecule has 2 fully saturated rings. The van der Waals surface area contributed by atoms with Gasteiger partial charge in [0.25, 0.3) is 0 Å². The molecule has 3 aromatic rings. The summed E-state index contributed by atoms with van der Waals surface area (Å²) in [5.41, 5.74) is 3.35. The minimum absolute atomic E-state index is 0.325. The van der Waals surface area contributed by atoms with E-state index in [0.717, 1.165) is 54.6 Å². The Morgan fingerprint density at radius 2 is 2.08 bits per heavy atom. The molecule has 1 aliphatic carbocycles. The summed E-state index contributed by atoms with van der Waals surface area (Å²) in [7, 11) is 0. The number of ether oxygens (including phenoxy) is 1. The number of nitrogens with one attached hydrogen (secondary N) is 1. The van der Waals surface area contributed by atoms with Gasteiger partial charge in [-0.25, -0.2) is 14.6 Å². The van der Waals surface area contributed by atoms with Crippen LogP contribution in [0.4, 0.5) is 0 Å². The molecule has 1 N–H and O–H groups in total. The van der Waals surface area contributed by atoms with Crippen LogP contribution in [0.5, 0.6) is 0 Å². The number of aromatic amines is 1. The first-order valence-electron chi connectivity index (χ1n) is 9.74. The molecule has 26 heavy (non-hydrogen) atoms. The summed E-state index contributed by atoms with van der Waals surface area (Å²) >= 11 is 0. The Labute approximate surface area is 153 Å². The number of hydrogen-bond donors (Lipinski definition) is 1. The summed E-state index contributed by atoms with van der Waals surface area (Å²) in [5.74, 6) is 3.60. The lowest BCUT2D eigenvalue weighted by Crippen LogP contribution is -2.14. The Balaban J connectivity index is 1.48. The maximum atomic E-state index is 5.61. The van der Waals surface area contributed by atoms with E-state index in [2.05, 4.69) is 32.8 Å². The second kappa shape index (κ2) is 6.50. The predicted molar refractivity (Wildman–Crippen MR) is 99.3 cm³/mol. The van der Waals surface area contributed by atoms with Crippen molar-refractivity contribution in [2.45, 2.75) is 57.4 Å². The van der Waals surface area contributed by atoms with Crippen molar-refractivity contribution in [1.82, 2.24) is 24.7 Å². The van der Waals surface area contributed by atoms with E-state index < -0.39 is 0 Å². The molecule has 1 saturated heterocycles. The van der Waals surface area contributed by atoms with Crippen LogP contribution in [-0.2, 0) is 11.2 Å². The topological polar surface area (TPSA) is 68.6 Å². The van der Waals surface area contributed by atoms with Crippen molar-refractivity contribution in [3.05, 3.63) is 41.2 Å². The van der Waals surface area contributed by atoms with E-state index in [1.54, 1.807) is 0 Å². The number of nitrogens with zero attached hydrogens (tertiary/aromatic N) is 4. The zero-order valence-electron chi connectivity index (χ0n) is 15.2. The summed E-state index contributed by atoms with van der Waals surface area (Å²) in [6.45, 7) is 3.56. The van der Waals surface area contributed by atoms with Crippen LogP contribution in [0.25, 0.3) is 11.0 Å². The number of aromatic nitrogens is 5. The molecular formula is C20H25N5O. The van der Waals surface area contributed by atoms with Gasteiger partial charge in [-0.05, 0) is 43.9 Å². The maximum Gasteiger partial charge on any atom is 0.154 e. The van der Waals surface area contributed by atoms with Crippen molar-refractivity contribution in [2.24, 2.45) is 0 Å². The summed E-state index contributed by atoms with van der Waals surface area (Å²) in [6.07, 6.45) is 6.88. The molecule has 3 heterocycles. The van der Waals surface area contributed by atoms with Crippen LogP contribution in [-0.4, -0.2) is 37.9 Å². The van der Waals surface area contributed by atoms with Crippen molar-refractivity contribution in [3.8, 4) is 0 Å². The van der Waals surface area contributed by atoms with Gasteiger partial charge in [0.2, 0.25) is 0 Å². The fourth-order valence-electron chi connectivity index (χ4n) is 4.34. The SMILES string of the molecule is Cc1nc2ccc(Cc3nc(C4CCCC4)nn3C3CCOC3)cc2[nH]1. The number of aryl methyl sites for hydroxylation is 1. The van der Waals surface area contributed by atoms with E-state index >= 15 is 0 Å². The summed E-state index contributed by atoms with van der Waals surface area (Å²) in [5, 5.41) is 4.94. The Kier molecular flexibility index (Phi) is 4.00. The molecule has 136 valence electrons. The predicted octanol–water partition coefficient (Wildman–Crippen LogP) is 3.67. The summed E-state index contributed by atoms with van der Waals surface area (Å²) in [6, 6.07) is 6.76. The van der Waals surface area contributed by atoms with Crippen molar-refractivity contribution >= 4 is 11.0 Å². The summed E-state index contributed by atoms with van der Waals surface area (Å²) in [4.78, 5) is 12.8. The van der Waals surface area contributed by atoms with E-state index in [0.29, 0.717) is 12.0 Å². The maximum absolute atomic E-state index is 5.61. The second-order valence-electron chi connectivity index (χ2n) is 7.68. The first kappa shape index (κ1) is 16.0. The van der Waals surface area contributed by atoms with Crippen LogP contribution in [0, 0.1) is 6.92 Å². The highest BCUT2D eigenvalue weighted by Crippen LogP contribution is 2.33. The standard InChI is InChI=1S/C20H25N5O/c1-13-21-17-7-6-14(10-18(17)22-13)11-19-23-20(15-4-2-3-5-15)24-25(19)16-8-9-26-12-16/h6-7,10,15-16H,2-5,8-9,11-12H2,1H3,(H,21,22). The molecule has 2 aromatic heterocycles. The highest BCUT2D eigenvalue weighted by molar-refractivity contribution is 5.75. The Hall–Kier alpha value is -2.21. The monoisotopic (exact) mass is 351 g/mol. The lowest BCUT2D eigenvalue weighted by Gasteiger charge is -2.11. The fourth-order valence-corrected chi connectivity index (χ4v) is 4.34. The molecule has 5 rings (SSSR count). The van der Waals surface area contributed by atoms with Crippen molar-refractivity contribution in [1.29, 1.82) is 0 Å². The molecule has 6 nitrogen and oxygen atoms in total. The minimum atomic E-state index is 0.325. The van der Waals surface area contributed by atoms with Gasteiger partial charge in [-0.2, -0.15) is 5.10 Å². The molecule has 0 amide bonds. The van der Waals surface area contributed by atoms with Crippen LogP contribution in [0.15, 0.2) is 18.2 Å². The third-order valence-corrected chi connectivity index (χ3v) is 5.72. The average molecular weight is 351 g/mol. The molecule has 1 atom stereocenters. The van der Waals surface area contributed by atoms with Gasteiger partial charge < -0.3 is 9.72 Å². The van der Waals surface area contributed by atoms with E-state index in [1.165, 1.54) is 31.2 Å². The first-order chi connectivity index (χ1) is 12.8. The number of H-pyrrole nitrogens is 1. The molecule has 1 aliphatic heterocycles. The van der Waals surface area contributed by atoms with E-state index in [4.69, 9.17) is 14.8 Å². The Morgan fingerprint density at radius 3 is 2.88 bits per heavy atom. The molecule has 1 saturated carbocycles. The van der Waals surface area contributed by atoms with Crippen molar-refractivity contribution in [3.63, 3.8) is 0 Å². The lowest BCUT2D eigenvalue weighted by molar-refractivity contribution is 0.184. The van der Waals surface area contributed by atoms with Gasteiger partial charge in [0, 0.05) is 18.9 Å². The number of hydrogen-bond acceptors (Lipinski definition) is 4. The number of rotatable bonds is 4. The van der Waals surface area contributed by atoms with Crippen molar-refractivity contribution in [2.75, 3.05) is 13.2 Å². The van der Waals surface area contributed by atoms with Gasteiger partial charge in [-0.1, -0.05) is 18.9 Å². The van der Waals surface area contributed by atoms with Crippen LogP contribution in [0.1, 0.15) is 67.1 Å². The minimum Gasteiger partial charge on any atom is -0.379 e. The molecule has 0 radical (unpaired) electrons. The zero-order chi connectivity index (χ0) is 17.5. The lowest BCUT2D eigenvalue weighted by atomic mass is 10.1. The Morgan fingerprint density at radius 1 is 1.19 bits per heavy atom. The third-order valence-electron chi connectivity index (χ3n) is 5.72. The van der Waals surface area contributed by atoms with Crippen molar-refractivity contribution < 1.29 is 4.74 Å². The highest BCUT2D eigenvalue weighted by atomic mass is 16.5. The average Bonchev–Trinajstić information content (AvgIpc) is 3.41. The fraction of sp³-hybridized carbons (Fsp3) is 0.550. The molecule has 6 heteroatoms. The largest absolute Gasteiger partial charge is 0.379 e. The molecule has 1 aromatic carbocycles. The summed E-state index contributed by atoms with van der Waals surface area (Å²) < 4.78 is 7.77. The van der Waals surface area contributed by atoms with Crippen LogP contribution in [0.3, 0.4) is 0 Å². The molecular weight excluding hydrogens is 326 g/mol. The van der Waals surface area contributed by atoms with Crippen LogP contribution >= 0.6 is 0 Å². The molecule has 1 unspecified atom stereocenters. The second-order valence-corrected chi connectivity index (χ2v) is 7.68. The Bertz CT molecular complexity index is 916. The van der Waals surface area contributed by atoms with E-state index in [1.807, 2.05) is 6.92 Å². The molecule has 0 bridgehead atoms. The van der Waals surface area contributed by atoms with Gasteiger partial charge in [0.15, 0.2) is 5.82 Å². The first-order valence-corrected chi connectivity index (χ1v) is 9.74. The zero-order valence-corrected chi connectivity index (χ0v) is 15.2.